The summed E-state index contributed by atoms with van der Waals surface area (Å²) in [4.78, 5) is 25.5. The molecule has 2 aliphatic heterocycles. The smallest absolute Gasteiger partial charge is 0.253 e. The lowest BCUT2D eigenvalue weighted by Crippen LogP contribution is -2.39. The van der Waals surface area contributed by atoms with Gasteiger partial charge in [0.25, 0.3) is 5.91 Å². The Hall–Kier alpha value is -2.14. The highest BCUT2D eigenvalue weighted by Gasteiger charge is 2.30. The van der Waals surface area contributed by atoms with Gasteiger partial charge in [-0.1, -0.05) is 12.1 Å². The molecule has 1 amide bonds. The molecule has 1 atom stereocenters. The first kappa shape index (κ1) is 16.3. The minimum Gasteiger partial charge on any atom is -0.346 e. The first-order valence-corrected chi connectivity index (χ1v) is 9.29. The highest BCUT2D eigenvalue weighted by atomic mass is 16.2. The van der Waals surface area contributed by atoms with Gasteiger partial charge in [0, 0.05) is 42.5 Å². The fourth-order valence-electron chi connectivity index (χ4n) is 4.26. The van der Waals surface area contributed by atoms with E-state index in [4.69, 9.17) is 0 Å². The number of imidazole rings is 1. The second-order valence-corrected chi connectivity index (χ2v) is 7.31. The van der Waals surface area contributed by atoms with Gasteiger partial charge in [0.15, 0.2) is 0 Å². The number of carbonyl (C=O) groups excluding carboxylic acids is 1. The van der Waals surface area contributed by atoms with Crippen LogP contribution in [0.5, 0.6) is 0 Å². The molecule has 4 rings (SSSR count). The predicted octanol–water partition coefficient (Wildman–Crippen LogP) is 3.00. The Bertz CT molecular complexity index is 782. The van der Waals surface area contributed by atoms with Gasteiger partial charge in [0.1, 0.15) is 5.82 Å². The number of hydrogen-bond donors (Lipinski definition) is 1. The standard InChI is InChI=1S/C20H26N4O/c1-14-19(22-15(2)21-14)16-6-3-7-17(12-16)20(25)24-11-5-10-23-9-4-8-18(23)13-24/h3,6-7,12,18H,4-5,8-11,13H2,1-2H3,(H,21,22)/t18-/m0/s1. The molecule has 25 heavy (non-hydrogen) atoms. The molecule has 0 unspecified atom stereocenters. The molecule has 0 radical (unpaired) electrons. The predicted molar refractivity (Wildman–Crippen MR) is 98.6 cm³/mol. The van der Waals surface area contributed by atoms with Crippen molar-refractivity contribution in [2.24, 2.45) is 0 Å². The number of H-pyrrole nitrogens is 1. The van der Waals surface area contributed by atoms with Crippen LogP contribution in [-0.4, -0.2) is 57.9 Å². The molecule has 2 aromatic rings. The van der Waals surface area contributed by atoms with Crippen LogP contribution in [0.1, 0.15) is 41.1 Å². The van der Waals surface area contributed by atoms with Crippen LogP contribution in [0.25, 0.3) is 11.3 Å². The quantitative estimate of drug-likeness (QED) is 0.916. The van der Waals surface area contributed by atoms with E-state index in [0.717, 1.165) is 54.4 Å². The van der Waals surface area contributed by atoms with Gasteiger partial charge < -0.3 is 9.88 Å². The zero-order valence-electron chi connectivity index (χ0n) is 15.1. The summed E-state index contributed by atoms with van der Waals surface area (Å²) in [5.41, 5.74) is 3.75. The molecule has 0 saturated carbocycles. The molecule has 2 aliphatic rings. The average molecular weight is 338 g/mol. The average Bonchev–Trinajstić information content (AvgIpc) is 3.13. The van der Waals surface area contributed by atoms with E-state index in [-0.39, 0.29) is 5.91 Å². The maximum absolute atomic E-state index is 13.1. The number of carbonyl (C=O) groups is 1. The molecule has 0 aliphatic carbocycles. The largest absolute Gasteiger partial charge is 0.346 e. The summed E-state index contributed by atoms with van der Waals surface area (Å²) >= 11 is 0. The molecule has 1 N–H and O–H groups in total. The molecule has 1 aromatic heterocycles. The van der Waals surface area contributed by atoms with Crippen molar-refractivity contribution in [3.63, 3.8) is 0 Å². The third-order valence-corrected chi connectivity index (χ3v) is 5.48. The monoisotopic (exact) mass is 338 g/mol. The molecule has 5 heteroatoms. The highest BCUT2D eigenvalue weighted by Crippen LogP contribution is 2.25. The third kappa shape index (κ3) is 3.21. The number of hydrogen-bond acceptors (Lipinski definition) is 3. The Morgan fingerprint density at radius 3 is 2.84 bits per heavy atom. The highest BCUT2D eigenvalue weighted by molar-refractivity contribution is 5.95. The Labute approximate surface area is 149 Å². The van der Waals surface area contributed by atoms with E-state index in [1.807, 2.05) is 38.1 Å². The van der Waals surface area contributed by atoms with Gasteiger partial charge in [-0.2, -0.15) is 0 Å². The SMILES string of the molecule is Cc1nc(-c2cccc(C(=O)N3CCCN4CCC[C@H]4C3)c2)c(C)[nH]1. The number of aryl methyl sites for hydroxylation is 2. The fraction of sp³-hybridized carbons (Fsp3) is 0.500. The van der Waals surface area contributed by atoms with Crippen LogP contribution >= 0.6 is 0 Å². The van der Waals surface area contributed by atoms with Crippen molar-refractivity contribution in [1.82, 2.24) is 19.8 Å². The van der Waals surface area contributed by atoms with Crippen molar-refractivity contribution >= 4 is 5.91 Å². The van der Waals surface area contributed by atoms with Gasteiger partial charge in [-0.3, -0.25) is 9.69 Å². The van der Waals surface area contributed by atoms with Crippen LogP contribution in [0, 0.1) is 13.8 Å². The van der Waals surface area contributed by atoms with Crippen molar-refractivity contribution in [1.29, 1.82) is 0 Å². The summed E-state index contributed by atoms with van der Waals surface area (Å²) < 4.78 is 0. The Morgan fingerprint density at radius 1 is 1.20 bits per heavy atom. The Morgan fingerprint density at radius 2 is 2.04 bits per heavy atom. The Balaban J connectivity index is 1.58. The van der Waals surface area contributed by atoms with Crippen LogP contribution in [-0.2, 0) is 0 Å². The van der Waals surface area contributed by atoms with Crippen LogP contribution in [0.3, 0.4) is 0 Å². The van der Waals surface area contributed by atoms with Gasteiger partial charge in [0.2, 0.25) is 0 Å². The first-order chi connectivity index (χ1) is 12.1. The lowest BCUT2D eigenvalue weighted by molar-refractivity contribution is 0.0743. The Kier molecular flexibility index (Phi) is 4.34. The van der Waals surface area contributed by atoms with Gasteiger partial charge >= 0.3 is 0 Å². The zero-order chi connectivity index (χ0) is 17.4. The fourth-order valence-corrected chi connectivity index (χ4v) is 4.26. The van der Waals surface area contributed by atoms with Crippen LogP contribution < -0.4 is 0 Å². The molecule has 1 aromatic carbocycles. The maximum Gasteiger partial charge on any atom is 0.253 e. The molecule has 2 saturated heterocycles. The van der Waals surface area contributed by atoms with Gasteiger partial charge in [-0.15, -0.1) is 0 Å². The van der Waals surface area contributed by atoms with E-state index < -0.39 is 0 Å². The molecule has 132 valence electrons. The lowest BCUT2D eigenvalue weighted by Gasteiger charge is -2.25. The van der Waals surface area contributed by atoms with E-state index in [1.165, 1.54) is 19.4 Å². The molecule has 2 fully saturated rings. The first-order valence-electron chi connectivity index (χ1n) is 9.29. The van der Waals surface area contributed by atoms with Crippen LogP contribution in [0.2, 0.25) is 0 Å². The number of aromatic amines is 1. The van der Waals surface area contributed by atoms with E-state index in [2.05, 4.69) is 19.8 Å². The van der Waals surface area contributed by atoms with Gasteiger partial charge in [-0.25, -0.2) is 4.98 Å². The molecule has 3 heterocycles. The second-order valence-electron chi connectivity index (χ2n) is 7.31. The number of nitrogens with one attached hydrogen (secondary N) is 1. The molecular formula is C20H26N4O. The van der Waals surface area contributed by atoms with Crippen molar-refractivity contribution in [2.75, 3.05) is 26.2 Å². The topological polar surface area (TPSA) is 52.2 Å². The minimum atomic E-state index is 0.153. The molecular weight excluding hydrogens is 312 g/mol. The van der Waals surface area contributed by atoms with E-state index in [1.54, 1.807) is 0 Å². The summed E-state index contributed by atoms with van der Waals surface area (Å²) in [5, 5.41) is 0. The zero-order valence-corrected chi connectivity index (χ0v) is 15.1. The summed E-state index contributed by atoms with van der Waals surface area (Å²) in [5.74, 6) is 1.05. The normalized spacial score (nSPS) is 21.2. The van der Waals surface area contributed by atoms with Crippen LogP contribution in [0.15, 0.2) is 24.3 Å². The summed E-state index contributed by atoms with van der Waals surface area (Å²) in [7, 11) is 0. The van der Waals surface area contributed by atoms with E-state index in [9.17, 15) is 4.79 Å². The molecule has 0 bridgehead atoms. The number of nitrogens with zero attached hydrogens (tertiary/aromatic N) is 3. The summed E-state index contributed by atoms with van der Waals surface area (Å²) in [6.07, 6.45) is 3.55. The van der Waals surface area contributed by atoms with Crippen molar-refractivity contribution in [3.05, 3.63) is 41.3 Å². The van der Waals surface area contributed by atoms with Gasteiger partial charge in [-0.05, 0) is 51.8 Å². The minimum absolute atomic E-state index is 0.153. The maximum atomic E-state index is 13.1. The van der Waals surface area contributed by atoms with Crippen molar-refractivity contribution < 1.29 is 4.79 Å². The van der Waals surface area contributed by atoms with E-state index >= 15 is 0 Å². The number of rotatable bonds is 2. The number of benzene rings is 1. The van der Waals surface area contributed by atoms with E-state index in [0.29, 0.717) is 6.04 Å². The third-order valence-electron chi connectivity index (χ3n) is 5.48. The second kappa shape index (κ2) is 6.64. The molecule has 0 spiro atoms. The number of amides is 1. The number of aromatic nitrogens is 2. The summed E-state index contributed by atoms with van der Waals surface area (Å²) in [6, 6.07) is 8.46. The van der Waals surface area contributed by atoms with Crippen molar-refractivity contribution in [2.45, 2.75) is 39.2 Å². The lowest BCUT2D eigenvalue weighted by atomic mass is 10.1. The van der Waals surface area contributed by atoms with Crippen LogP contribution in [0.4, 0.5) is 0 Å². The number of fused-ring (bicyclic) bond motifs is 1. The molecule has 5 nitrogen and oxygen atoms in total. The summed E-state index contributed by atoms with van der Waals surface area (Å²) in [6.45, 7) is 8.02. The van der Waals surface area contributed by atoms with Gasteiger partial charge in [0.05, 0.1) is 5.69 Å². The van der Waals surface area contributed by atoms with Crippen molar-refractivity contribution in [3.8, 4) is 11.3 Å².